The molecule has 4 atom stereocenters. The average Bonchev–Trinajstić information content (AvgIpc) is 2.88. The van der Waals surface area contributed by atoms with E-state index >= 15 is 0 Å². The number of carbonyl (C=O) groups is 2. The predicted octanol–water partition coefficient (Wildman–Crippen LogP) is 1.54. The molecule has 134 valence electrons. The summed E-state index contributed by atoms with van der Waals surface area (Å²) in [5, 5.41) is 34.9. The smallest absolute Gasteiger partial charge is 0.311 e. The molecule has 2 bridgehead atoms. The highest BCUT2D eigenvalue weighted by molar-refractivity contribution is 6.06. The summed E-state index contributed by atoms with van der Waals surface area (Å²) in [5.74, 6) is -2.67. The van der Waals surface area contributed by atoms with Crippen LogP contribution >= 0.6 is 0 Å². The third kappa shape index (κ3) is 2.27. The monoisotopic (exact) mass is 357 g/mol. The lowest BCUT2D eigenvalue weighted by Crippen LogP contribution is -2.38. The standard InChI is InChI=1S/C17H15N3O6/c21-12-6-13(22)11(20(25)26)5-10(12)7-18-19-16(23)14-8-1-2-9(4-3-8)15(14)17(19)24/h1-2,5-9,14-15,21-22H,3-4H2/t8-,9-,14+,15+/m0/s1. The Morgan fingerprint density at radius 3 is 2.15 bits per heavy atom. The Kier molecular flexibility index (Phi) is 3.53. The van der Waals surface area contributed by atoms with Crippen molar-refractivity contribution in [1.82, 2.24) is 5.01 Å². The molecule has 2 amide bonds. The van der Waals surface area contributed by atoms with Crippen LogP contribution in [0.1, 0.15) is 18.4 Å². The summed E-state index contributed by atoms with van der Waals surface area (Å²) in [7, 11) is 0. The number of phenols is 2. The Morgan fingerprint density at radius 1 is 1.08 bits per heavy atom. The number of rotatable bonds is 3. The average molecular weight is 357 g/mol. The van der Waals surface area contributed by atoms with Gasteiger partial charge in [0, 0.05) is 17.7 Å². The first-order valence-electron chi connectivity index (χ1n) is 8.19. The number of fused-ring (bicyclic) bond motifs is 1. The molecule has 1 saturated heterocycles. The number of hydrogen-bond acceptors (Lipinski definition) is 7. The van der Waals surface area contributed by atoms with E-state index in [9.17, 15) is 29.9 Å². The number of phenolic OH excluding ortho intramolecular Hbond substituents is 2. The number of carbonyl (C=O) groups excluding carboxylic acids is 2. The topological polar surface area (TPSA) is 133 Å². The van der Waals surface area contributed by atoms with Crippen molar-refractivity contribution in [3.63, 3.8) is 0 Å². The fourth-order valence-electron chi connectivity index (χ4n) is 4.12. The van der Waals surface area contributed by atoms with Gasteiger partial charge in [0.25, 0.3) is 11.8 Å². The summed E-state index contributed by atoms with van der Waals surface area (Å²) >= 11 is 0. The zero-order valence-electron chi connectivity index (χ0n) is 13.5. The van der Waals surface area contributed by atoms with Gasteiger partial charge in [-0.25, -0.2) is 0 Å². The molecule has 1 aliphatic heterocycles. The van der Waals surface area contributed by atoms with Crippen LogP contribution in [-0.2, 0) is 9.59 Å². The summed E-state index contributed by atoms with van der Waals surface area (Å²) in [6.45, 7) is 0. The van der Waals surface area contributed by atoms with Gasteiger partial charge in [-0.05, 0) is 24.7 Å². The number of nitro groups is 1. The van der Waals surface area contributed by atoms with Crippen molar-refractivity contribution < 1.29 is 24.7 Å². The van der Waals surface area contributed by atoms with Gasteiger partial charge in [-0.2, -0.15) is 10.1 Å². The molecule has 2 fully saturated rings. The van der Waals surface area contributed by atoms with Crippen molar-refractivity contribution >= 4 is 23.7 Å². The second kappa shape index (κ2) is 5.65. The second-order valence-corrected chi connectivity index (χ2v) is 6.73. The van der Waals surface area contributed by atoms with Gasteiger partial charge in [-0.1, -0.05) is 12.2 Å². The Morgan fingerprint density at radius 2 is 1.65 bits per heavy atom. The number of imide groups is 1. The molecule has 1 saturated carbocycles. The second-order valence-electron chi connectivity index (χ2n) is 6.73. The van der Waals surface area contributed by atoms with Crippen LogP contribution in [0.3, 0.4) is 0 Å². The Bertz CT molecular complexity index is 861. The van der Waals surface area contributed by atoms with Gasteiger partial charge in [0.2, 0.25) is 0 Å². The number of hydrazone groups is 1. The van der Waals surface area contributed by atoms with Crippen molar-refractivity contribution in [2.45, 2.75) is 12.8 Å². The molecule has 9 nitrogen and oxygen atoms in total. The third-order valence-corrected chi connectivity index (χ3v) is 5.37. The van der Waals surface area contributed by atoms with Crippen LogP contribution < -0.4 is 0 Å². The molecule has 2 N–H and O–H groups in total. The fraction of sp³-hybridized carbons (Fsp3) is 0.353. The summed E-state index contributed by atoms with van der Waals surface area (Å²) in [4.78, 5) is 35.3. The first-order valence-corrected chi connectivity index (χ1v) is 8.19. The maximum Gasteiger partial charge on any atom is 0.311 e. The van der Waals surface area contributed by atoms with Gasteiger partial charge >= 0.3 is 5.69 Å². The molecule has 1 aromatic carbocycles. The highest BCUT2D eigenvalue weighted by atomic mass is 16.6. The van der Waals surface area contributed by atoms with Crippen molar-refractivity contribution in [3.8, 4) is 11.5 Å². The minimum absolute atomic E-state index is 0.0322. The highest BCUT2D eigenvalue weighted by Crippen LogP contribution is 2.49. The number of amides is 2. The van der Waals surface area contributed by atoms with Gasteiger partial charge < -0.3 is 10.2 Å². The lowest BCUT2D eigenvalue weighted by atomic mass is 9.63. The van der Waals surface area contributed by atoms with E-state index in [0.29, 0.717) is 0 Å². The van der Waals surface area contributed by atoms with E-state index in [2.05, 4.69) is 5.10 Å². The van der Waals surface area contributed by atoms with Crippen molar-refractivity contribution in [2.75, 3.05) is 0 Å². The first-order chi connectivity index (χ1) is 12.4. The van der Waals surface area contributed by atoms with E-state index in [1.807, 2.05) is 12.2 Å². The normalized spacial score (nSPS) is 29.6. The zero-order valence-corrected chi connectivity index (χ0v) is 13.5. The number of hydrogen-bond donors (Lipinski definition) is 2. The lowest BCUT2D eigenvalue weighted by Gasteiger charge is -2.37. The Balaban J connectivity index is 1.64. The predicted molar refractivity (Wildman–Crippen MR) is 88.2 cm³/mol. The molecule has 0 unspecified atom stereocenters. The van der Waals surface area contributed by atoms with Crippen LogP contribution in [0.5, 0.6) is 11.5 Å². The first kappa shape index (κ1) is 16.2. The number of benzene rings is 1. The fourth-order valence-corrected chi connectivity index (χ4v) is 4.12. The van der Waals surface area contributed by atoms with Crippen LogP contribution in [0.15, 0.2) is 29.4 Å². The van der Waals surface area contributed by atoms with E-state index in [-0.39, 0.29) is 29.2 Å². The maximum absolute atomic E-state index is 12.6. The van der Waals surface area contributed by atoms with Gasteiger partial charge in [-0.15, -0.1) is 0 Å². The molecule has 26 heavy (non-hydrogen) atoms. The summed E-state index contributed by atoms with van der Waals surface area (Å²) < 4.78 is 0. The summed E-state index contributed by atoms with van der Waals surface area (Å²) in [5.41, 5.74) is -0.690. The maximum atomic E-state index is 12.6. The zero-order chi connectivity index (χ0) is 18.6. The summed E-state index contributed by atoms with van der Waals surface area (Å²) in [6.07, 6.45) is 6.73. The van der Waals surface area contributed by atoms with E-state index in [1.54, 1.807) is 0 Å². The van der Waals surface area contributed by atoms with E-state index in [0.717, 1.165) is 36.2 Å². The van der Waals surface area contributed by atoms with E-state index < -0.39 is 33.9 Å². The van der Waals surface area contributed by atoms with Crippen LogP contribution in [0, 0.1) is 33.8 Å². The van der Waals surface area contributed by atoms with Gasteiger partial charge in [0.05, 0.1) is 23.0 Å². The van der Waals surface area contributed by atoms with Crippen molar-refractivity contribution in [3.05, 3.63) is 40.0 Å². The molecule has 1 heterocycles. The number of allylic oxidation sites excluding steroid dienone is 2. The molecule has 0 aromatic heterocycles. The van der Waals surface area contributed by atoms with E-state index in [1.165, 1.54) is 0 Å². The minimum Gasteiger partial charge on any atom is -0.507 e. The molecule has 1 aromatic rings. The summed E-state index contributed by atoms with van der Waals surface area (Å²) in [6, 6.07) is 1.74. The minimum atomic E-state index is -0.809. The molecule has 0 radical (unpaired) electrons. The number of aromatic hydroxyl groups is 2. The quantitative estimate of drug-likeness (QED) is 0.277. The SMILES string of the molecule is O=C1[C@H]2[C@H](C(=O)N1N=Cc1cc([N+](=O)[O-])c(O)cc1O)[C@H]1C=C[C@H]2CC1. The van der Waals surface area contributed by atoms with Crippen LogP contribution in [-0.4, -0.2) is 38.2 Å². The Labute approximate surface area is 147 Å². The largest absolute Gasteiger partial charge is 0.507 e. The molecule has 0 spiro atoms. The molecule has 3 aliphatic carbocycles. The van der Waals surface area contributed by atoms with Crippen molar-refractivity contribution in [1.29, 1.82) is 0 Å². The van der Waals surface area contributed by atoms with Crippen LogP contribution in [0.25, 0.3) is 0 Å². The van der Waals surface area contributed by atoms with Gasteiger partial charge in [0.1, 0.15) is 5.75 Å². The van der Waals surface area contributed by atoms with Crippen molar-refractivity contribution in [2.24, 2.45) is 28.8 Å². The van der Waals surface area contributed by atoms with Crippen LogP contribution in [0.2, 0.25) is 0 Å². The van der Waals surface area contributed by atoms with Gasteiger partial charge in [0.15, 0.2) is 5.75 Å². The highest BCUT2D eigenvalue weighted by Gasteiger charge is 2.56. The molecule has 5 rings (SSSR count). The molecule has 4 aliphatic rings. The molecular weight excluding hydrogens is 342 g/mol. The Hall–Kier alpha value is -3.23. The van der Waals surface area contributed by atoms with Gasteiger partial charge in [-0.3, -0.25) is 19.7 Å². The lowest BCUT2D eigenvalue weighted by molar-refractivity contribution is -0.385. The van der Waals surface area contributed by atoms with Crippen LogP contribution in [0.4, 0.5) is 5.69 Å². The third-order valence-electron chi connectivity index (χ3n) is 5.37. The molecular formula is C17H15N3O6. The number of nitro benzene ring substituents is 1. The molecule has 9 heteroatoms. The van der Waals surface area contributed by atoms with E-state index in [4.69, 9.17) is 0 Å². The number of nitrogens with zero attached hydrogens (tertiary/aromatic N) is 3.